The molecule has 0 aliphatic carbocycles. The first-order valence-corrected chi connectivity index (χ1v) is 7.78. The van der Waals surface area contributed by atoms with Gasteiger partial charge in [0.25, 0.3) is 5.91 Å². The molecule has 0 unspecified atom stereocenters. The van der Waals surface area contributed by atoms with Crippen molar-refractivity contribution in [1.82, 2.24) is 4.90 Å². The van der Waals surface area contributed by atoms with E-state index in [-0.39, 0.29) is 38.0 Å². The van der Waals surface area contributed by atoms with Gasteiger partial charge in [-0.05, 0) is 29.7 Å². The fourth-order valence-corrected chi connectivity index (χ4v) is 2.37. The molecule has 0 saturated carbocycles. The zero-order valence-electron chi connectivity index (χ0n) is 13.5. The van der Waals surface area contributed by atoms with Crippen LogP contribution in [0.5, 0.6) is 0 Å². The third-order valence-electron chi connectivity index (χ3n) is 3.68. The van der Waals surface area contributed by atoms with Crippen molar-refractivity contribution in [2.75, 3.05) is 26.3 Å². The SMILES string of the molecule is CC(C)c1cccc(-c2ccc(C(=O)N(CCO)CCO)o2)c1. The maximum absolute atomic E-state index is 12.4. The van der Waals surface area contributed by atoms with Crippen LogP contribution in [-0.4, -0.2) is 47.3 Å². The predicted molar refractivity (Wildman–Crippen MR) is 88.3 cm³/mol. The maximum atomic E-state index is 12.4. The summed E-state index contributed by atoms with van der Waals surface area (Å²) in [5.74, 6) is 0.913. The summed E-state index contributed by atoms with van der Waals surface area (Å²) in [6.45, 7) is 4.26. The average molecular weight is 317 g/mol. The van der Waals surface area contributed by atoms with Gasteiger partial charge in [-0.15, -0.1) is 0 Å². The van der Waals surface area contributed by atoms with Crippen LogP contribution in [0.2, 0.25) is 0 Å². The van der Waals surface area contributed by atoms with Crippen molar-refractivity contribution in [3.63, 3.8) is 0 Å². The Hall–Kier alpha value is -2.11. The summed E-state index contributed by atoms with van der Waals surface area (Å²) in [5.41, 5.74) is 2.13. The van der Waals surface area contributed by atoms with Crippen LogP contribution in [0.3, 0.4) is 0 Å². The van der Waals surface area contributed by atoms with Gasteiger partial charge in [0, 0.05) is 18.7 Å². The van der Waals surface area contributed by atoms with Crippen molar-refractivity contribution in [3.8, 4) is 11.3 Å². The topological polar surface area (TPSA) is 73.9 Å². The van der Waals surface area contributed by atoms with Crippen molar-refractivity contribution in [2.24, 2.45) is 0 Å². The van der Waals surface area contributed by atoms with Gasteiger partial charge in [0.2, 0.25) is 0 Å². The molecule has 0 aliphatic rings. The van der Waals surface area contributed by atoms with Crippen LogP contribution in [0.15, 0.2) is 40.8 Å². The normalized spacial score (nSPS) is 11.0. The molecule has 0 bridgehead atoms. The summed E-state index contributed by atoms with van der Waals surface area (Å²) < 4.78 is 5.69. The van der Waals surface area contributed by atoms with E-state index in [2.05, 4.69) is 26.0 Å². The highest BCUT2D eigenvalue weighted by Gasteiger charge is 2.19. The first kappa shape index (κ1) is 17.2. The number of carbonyl (C=O) groups excluding carboxylic acids is 1. The van der Waals surface area contributed by atoms with Gasteiger partial charge < -0.3 is 19.5 Å². The zero-order valence-corrected chi connectivity index (χ0v) is 13.5. The van der Waals surface area contributed by atoms with E-state index in [1.165, 1.54) is 10.5 Å². The number of amides is 1. The lowest BCUT2D eigenvalue weighted by Crippen LogP contribution is -2.35. The van der Waals surface area contributed by atoms with Crippen molar-refractivity contribution < 1.29 is 19.4 Å². The summed E-state index contributed by atoms with van der Waals surface area (Å²) in [5, 5.41) is 18.0. The van der Waals surface area contributed by atoms with Gasteiger partial charge in [-0.3, -0.25) is 4.79 Å². The molecule has 2 N–H and O–H groups in total. The summed E-state index contributed by atoms with van der Waals surface area (Å²) >= 11 is 0. The van der Waals surface area contributed by atoms with Crippen molar-refractivity contribution in [2.45, 2.75) is 19.8 Å². The quantitative estimate of drug-likeness (QED) is 0.823. The van der Waals surface area contributed by atoms with Gasteiger partial charge in [-0.1, -0.05) is 32.0 Å². The Balaban J connectivity index is 2.22. The van der Waals surface area contributed by atoms with Crippen molar-refractivity contribution in [1.29, 1.82) is 0 Å². The highest BCUT2D eigenvalue weighted by molar-refractivity contribution is 5.92. The number of hydrogen-bond donors (Lipinski definition) is 2. The standard InChI is InChI=1S/C18H23NO4/c1-13(2)14-4-3-5-15(12-14)16-6-7-17(23-16)18(22)19(8-10-20)9-11-21/h3-7,12-13,20-21H,8-11H2,1-2H3. The maximum Gasteiger partial charge on any atom is 0.289 e. The number of furan rings is 1. The molecule has 0 atom stereocenters. The molecule has 1 aromatic heterocycles. The Labute approximate surface area is 136 Å². The monoisotopic (exact) mass is 317 g/mol. The van der Waals surface area contributed by atoms with Gasteiger partial charge in [0.15, 0.2) is 5.76 Å². The molecule has 124 valence electrons. The summed E-state index contributed by atoms with van der Waals surface area (Å²) in [6, 6.07) is 11.4. The van der Waals surface area contributed by atoms with Crippen LogP contribution in [-0.2, 0) is 0 Å². The Bertz CT molecular complexity index is 642. The second-order valence-electron chi connectivity index (χ2n) is 5.68. The lowest BCUT2D eigenvalue weighted by Gasteiger charge is -2.19. The molecule has 2 rings (SSSR count). The first-order chi connectivity index (χ1) is 11.1. The van der Waals surface area contributed by atoms with Crippen LogP contribution in [0, 0.1) is 0 Å². The fraction of sp³-hybridized carbons (Fsp3) is 0.389. The van der Waals surface area contributed by atoms with Gasteiger partial charge in [-0.25, -0.2) is 0 Å². The Morgan fingerprint density at radius 3 is 2.43 bits per heavy atom. The van der Waals surface area contributed by atoms with Crippen LogP contribution in [0.4, 0.5) is 0 Å². The molecule has 0 saturated heterocycles. The average Bonchev–Trinajstić information content (AvgIpc) is 3.04. The molecule has 1 aromatic carbocycles. The molecule has 0 spiro atoms. The molecule has 0 fully saturated rings. The zero-order chi connectivity index (χ0) is 16.8. The summed E-state index contributed by atoms with van der Waals surface area (Å²) in [4.78, 5) is 13.7. The van der Waals surface area contributed by atoms with E-state index in [9.17, 15) is 4.79 Å². The Kier molecular flexibility index (Phi) is 5.96. The number of aliphatic hydroxyl groups is 2. The highest BCUT2D eigenvalue weighted by Crippen LogP contribution is 2.26. The van der Waals surface area contributed by atoms with Gasteiger partial charge in [0.1, 0.15) is 5.76 Å². The molecule has 0 radical (unpaired) electrons. The predicted octanol–water partition coefficient (Wildman–Crippen LogP) is 2.50. The molecule has 23 heavy (non-hydrogen) atoms. The summed E-state index contributed by atoms with van der Waals surface area (Å²) in [7, 11) is 0. The van der Waals surface area contributed by atoms with E-state index >= 15 is 0 Å². The van der Waals surface area contributed by atoms with Crippen LogP contribution in [0.25, 0.3) is 11.3 Å². The smallest absolute Gasteiger partial charge is 0.289 e. The van der Waals surface area contributed by atoms with E-state index in [0.29, 0.717) is 11.7 Å². The van der Waals surface area contributed by atoms with E-state index in [1.54, 1.807) is 12.1 Å². The molecule has 5 heteroatoms. The Morgan fingerprint density at radius 2 is 1.83 bits per heavy atom. The second-order valence-corrected chi connectivity index (χ2v) is 5.68. The second kappa shape index (κ2) is 7.94. The first-order valence-electron chi connectivity index (χ1n) is 7.78. The molecule has 5 nitrogen and oxygen atoms in total. The number of hydrogen-bond acceptors (Lipinski definition) is 4. The van der Waals surface area contributed by atoms with E-state index < -0.39 is 0 Å². The molecule has 1 heterocycles. The number of benzene rings is 1. The number of aliphatic hydroxyl groups excluding tert-OH is 2. The molecular formula is C18H23NO4. The molecular weight excluding hydrogens is 294 g/mol. The summed E-state index contributed by atoms with van der Waals surface area (Å²) in [6.07, 6.45) is 0. The van der Waals surface area contributed by atoms with Gasteiger partial charge in [0.05, 0.1) is 13.2 Å². The molecule has 2 aromatic rings. The molecule has 1 amide bonds. The number of carbonyl (C=O) groups is 1. The van der Waals surface area contributed by atoms with Crippen molar-refractivity contribution >= 4 is 5.91 Å². The number of rotatable bonds is 7. The third kappa shape index (κ3) is 4.21. The lowest BCUT2D eigenvalue weighted by molar-refractivity contribution is 0.0654. The fourth-order valence-electron chi connectivity index (χ4n) is 2.37. The van der Waals surface area contributed by atoms with Crippen LogP contribution in [0.1, 0.15) is 35.9 Å². The lowest BCUT2D eigenvalue weighted by atomic mass is 10.0. The number of nitrogens with zero attached hydrogens (tertiary/aromatic N) is 1. The van der Waals surface area contributed by atoms with Gasteiger partial charge >= 0.3 is 0 Å². The highest BCUT2D eigenvalue weighted by atomic mass is 16.4. The minimum absolute atomic E-state index is 0.157. The molecule has 0 aliphatic heterocycles. The third-order valence-corrected chi connectivity index (χ3v) is 3.68. The van der Waals surface area contributed by atoms with Crippen LogP contribution < -0.4 is 0 Å². The van der Waals surface area contributed by atoms with E-state index in [4.69, 9.17) is 14.6 Å². The Morgan fingerprint density at radius 1 is 1.13 bits per heavy atom. The minimum atomic E-state index is -0.334. The van der Waals surface area contributed by atoms with E-state index in [1.807, 2.05) is 12.1 Å². The van der Waals surface area contributed by atoms with Crippen LogP contribution >= 0.6 is 0 Å². The largest absolute Gasteiger partial charge is 0.451 e. The van der Waals surface area contributed by atoms with Gasteiger partial charge in [-0.2, -0.15) is 0 Å². The van der Waals surface area contributed by atoms with E-state index in [0.717, 1.165) is 5.56 Å². The van der Waals surface area contributed by atoms with Crippen molar-refractivity contribution in [3.05, 3.63) is 47.7 Å². The minimum Gasteiger partial charge on any atom is -0.451 e.